The minimum atomic E-state index is -0.504. The highest BCUT2D eigenvalue weighted by Crippen LogP contribution is 2.10. The average molecular weight is 221 g/mol. The van der Waals surface area contributed by atoms with E-state index in [4.69, 9.17) is 0 Å². The molecular weight excluding hydrogens is 215 g/mol. The summed E-state index contributed by atoms with van der Waals surface area (Å²) in [5.41, 5.74) is 0. The van der Waals surface area contributed by atoms with E-state index in [9.17, 15) is 9.18 Å². The fourth-order valence-corrected chi connectivity index (χ4v) is 1.23. The Bertz CT molecular complexity index is 261. The van der Waals surface area contributed by atoms with E-state index >= 15 is 0 Å². The predicted molar refractivity (Wildman–Crippen MR) is 41.3 cm³/mol. The summed E-state index contributed by atoms with van der Waals surface area (Å²) in [4.78, 5) is 14.0. The lowest BCUT2D eigenvalue weighted by molar-refractivity contribution is 0.111. The van der Waals surface area contributed by atoms with Crippen LogP contribution in [0.3, 0.4) is 0 Å². The molecule has 0 N–H and O–H groups in total. The molecule has 0 spiro atoms. The first-order chi connectivity index (χ1) is 5.29. The third-order valence-electron chi connectivity index (χ3n) is 1.25. The number of aldehydes is 1. The number of nitrogens with zero attached hydrogens (tertiary/aromatic N) is 2. The van der Waals surface area contributed by atoms with Crippen molar-refractivity contribution in [3.63, 3.8) is 0 Å². The van der Waals surface area contributed by atoms with E-state index in [-0.39, 0.29) is 12.4 Å². The lowest BCUT2D eigenvalue weighted by Crippen LogP contribution is -2.04. The standard InChI is InChI=1S/C6H6BrFN2O/c7-5-3-9-6(4-11)10(5)2-1-8/h3-4H,1-2H2. The lowest BCUT2D eigenvalue weighted by atomic mass is 10.6. The summed E-state index contributed by atoms with van der Waals surface area (Å²) < 4.78 is 14.0. The quantitative estimate of drug-likeness (QED) is 0.723. The first kappa shape index (κ1) is 8.39. The molecule has 0 aliphatic rings. The van der Waals surface area contributed by atoms with Gasteiger partial charge in [-0.1, -0.05) is 0 Å². The van der Waals surface area contributed by atoms with Crippen molar-refractivity contribution in [1.29, 1.82) is 0 Å². The first-order valence-corrected chi connectivity index (χ1v) is 3.81. The minimum Gasteiger partial charge on any atom is -0.314 e. The highest BCUT2D eigenvalue weighted by Gasteiger charge is 2.05. The second kappa shape index (κ2) is 3.61. The van der Waals surface area contributed by atoms with Gasteiger partial charge in [-0.3, -0.25) is 4.79 Å². The molecule has 0 aliphatic heterocycles. The average Bonchev–Trinajstić information content (AvgIpc) is 2.34. The molecule has 0 aliphatic carbocycles. The molecule has 0 saturated heterocycles. The zero-order chi connectivity index (χ0) is 8.27. The molecule has 0 fully saturated rings. The molecule has 3 nitrogen and oxygen atoms in total. The van der Waals surface area contributed by atoms with Gasteiger partial charge in [0, 0.05) is 0 Å². The van der Waals surface area contributed by atoms with E-state index in [1.54, 1.807) is 0 Å². The Balaban J connectivity index is 2.97. The van der Waals surface area contributed by atoms with Gasteiger partial charge >= 0.3 is 0 Å². The molecule has 5 heteroatoms. The molecule has 1 aromatic rings. The Hall–Kier alpha value is -0.710. The van der Waals surface area contributed by atoms with Crippen molar-refractivity contribution in [3.8, 4) is 0 Å². The fourth-order valence-electron chi connectivity index (χ4n) is 0.768. The van der Waals surface area contributed by atoms with Gasteiger partial charge in [-0.25, -0.2) is 9.37 Å². The van der Waals surface area contributed by atoms with Crippen LogP contribution >= 0.6 is 15.9 Å². The molecule has 0 bridgehead atoms. The summed E-state index contributed by atoms with van der Waals surface area (Å²) in [6, 6.07) is 0. The predicted octanol–water partition coefficient (Wildman–Crippen LogP) is 1.43. The number of alkyl halides is 1. The third-order valence-corrected chi connectivity index (χ3v) is 1.88. The summed E-state index contributed by atoms with van der Waals surface area (Å²) in [5, 5.41) is 0. The molecule has 0 aromatic carbocycles. The van der Waals surface area contributed by atoms with Crippen LogP contribution in [-0.2, 0) is 6.54 Å². The van der Waals surface area contributed by atoms with Crippen molar-refractivity contribution in [3.05, 3.63) is 16.6 Å². The molecule has 60 valence electrons. The lowest BCUT2D eigenvalue weighted by Gasteiger charge is -2.00. The van der Waals surface area contributed by atoms with Gasteiger partial charge in [-0.05, 0) is 15.9 Å². The van der Waals surface area contributed by atoms with Crippen LogP contribution < -0.4 is 0 Å². The van der Waals surface area contributed by atoms with Crippen LogP contribution in [0.4, 0.5) is 4.39 Å². The van der Waals surface area contributed by atoms with E-state index in [2.05, 4.69) is 20.9 Å². The van der Waals surface area contributed by atoms with Gasteiger partial charge in [0.05, 0.1) is 12.7 Å². The van der Waals surface area contributed by atoms with Crippen LogP contribution in [0.25, 0.3) is 0 Å². The van der Waals surface area contributed by atoms with Gasteiger partial charge < -0.3 is 4.57 Å². The number of hydrogen-bond acceptors (Lipinski definition) is 2. The number of aromatic nitrogens is 2. The van der Waals surface area contributed by atoms with Gasteiger partial charge in [0.15, 0.2) is 12.1 Å². The Morgan fingerprint density at radius 1 is 1.82 bits per heavy atom. The minimum absolute atomic E-state index is 0.161. The number of hydrogen-bond donors (Lipinski definition) is 0. The highest BCUT2D eigenvalue weighted by atomic mass is 79.9. The van der Waals surface area contributed by atoms with Crippen molar-refractivity contribution in [2.24, 2.45) is 0 Å². The van der Waals surface area contributed by atoms with E-state index in [0.29, 0.717) is 10.9 Å². The molecule has 0 saturated carbocycles. The van der Waals surface area contributed by atoms with Crippen LogP contribution in [0.2, 0.25) is 0 Å². The molecule has 1 aromatic heterocycles. The maximum atomic E-state index is 11.9. The van der Waals surface area contributed by atoms with Crippen molar-refractivity contribution >= 4 is 22.2 Å². The summed E-state index contributed by atoms with van der Waals surface area (Å²) in [6.45, 7) is -0.343. The Morgan fingerprint density at radius 2 is 2.55 bits per heavy atom. The molecule has 0 amide bonds. The second-order valence-electron chi connectivity index (χ2n) is 1.90. The SMILES string of the molecule is O=Cc1ncc(Br)n1CCF. The topological polar surface area (TPSA) is 34.9 Å². The maximum absolute atomic E-state index is 11.9. The normalized spacial score (nSPS) is 10.0. The Kier molecular flexibility index (Phi) is 2.76. The van der Waals surface area contributed by atoms with Crippen LogP contribution in [0.1, 0.15) is 10.6 Å². The number of carbonyl (C=O) groups excluding carboxylic acids is 1. The van der Waals surface area contributed by atoms with Crippen molar-refractivity contribution in [2.75, 3.05) is 6.67 Å². The van der Waals surface area contributed by atoms with Crippen molar-refractivity contribution in [1.82, 2.24) is 9.55 Å². The Morgan fingerprint density at radius 3 is 3.09 bits per heavy atom. The van der Waals surface area contributed by atoms with Crippen molar-refractivity contribution < 1.29 is 9.18 Å². The van der Waals surface area contributed by atoms with E-state index in [0.717, 1.165) is 0 Å². The van der Waals surface area contributed by atoms with Gasteiger partial charge in [0.25, 0.3) is 0 Å². The van der Waals surface area contributed by atoms with E-state index < -0.39 is 6.67 Å². The van der Waals surface area contributed by atoms with Crippen LogP contribution in [-0.4, -0.2) is 22.5 Å². The number of carbonyl (C=O) groups is 1. The van der Waals surface area contributed by atoms with Gasteiger partial charge in [0.2, 0.25) is 0 Å². The molecule has 1 rings (SSSR count). The molecule has 0 unspecified atom stereocenters. The van der Waals surface area contributed by atoms with Crippen LogP contribution in [0.15, 0.2) is 10.8 Å². The Labute approximate surface area is 71.4 Å². The summed E-state index contributed by atoms with van der Waals surface area (Å²) in [7, 11) is 0. The molecule has 0 atom stereocenters. The monoisotopic (exact) mass is 220 g/mol. The fraction of sp³-hybridized carbons (Fsp3) is 0.333. The number of imidazole rings is 1. The summed E-state index contributed by atoms with van der Waals surface area (Å²) >= 11 is 3.13. The maximum Gasteiger partial charge on any atom is 0.185 e. The van der Waals surface area contributed by atoms with Crippen LogP contribution in [0.5, 0.6) is 0 Å². The zero-order valence-corrected chi connectivity index (χ0v) is 7.21. The molecule has 0 radical (unpaired) electrons. The summed E-state index contributed by atoms with van der Waals surface area (Å²) in [6.07, 6.45) is 2.07. The van der Waals surface area contributed by atoms with E-state index in [1.807, 2.05) is 0 Å². The summed E-state index contributed by atoms with van der Waals surface area (Å²) in [5.74, 6) is 0.245. The van der Waals surface area contributed by atoms with Gasteiger partial charge in [-0.2, -0.15) is 0 Å². The second-order valence-corrected chi connectivity index (χ2v) is 2.71. The van der Waals surface area contributed by atoms with Gasteiger partial charge in [0.1, 0.15) is 11.3 Å². The number of rotatable bonds is 3. The highest BCUT2D eigenvalue weighted by molar-refractivity contribution is 9.10. The largest absolute Gasteiger partial charge is 0.314 e. The molecule has 11 heavy (non-hydrogen) atoms. The third kappa shape index (κ3) is 1.65. The smallest absolute Gasteiger partial charge is 0.185 e. The van der Waals surface area contributed by atoms with Gasteiger partial charge in [-0.15, -0.1) is 0 Å². The number of halogens is 2. The van der Waals surface area contributed by atoms with Crippen LogP contribution in [0, 0.1) is 0 Å². The first-order valence-electron chi connectivity index (χ1n) is 3.01. The van der Waals surface area contributed by atoms with E-state index in [1.165, 1.54) is 10.8 Å². The zero-order valence-electron chi connectivity index (χ0n) is 5.63. The molecular formula is C6H6BrFN2O. The molecule has 1 heterocycles. The van der Waals surface area contributed by atoms with Crippen molar-refractivity contribution in [2.45, 2.75) is 6.54 Å².